The molecule has 1 aliphatic heterocycles. The van der Waals surface area contributed by atoms with Crippen LogP contribution in [0, 0.1) is 5.92 Å². The van der Waals surface area contributed by atoms with Gasteiger partial charge in [0.05, 0.1) is 11.9 Å². The van der Waals surface area contributed by atoms with Gasteiger partial charge < -0.3 is 5.11 Å². The first-order chi connectivity index (χ1) is 8.50. The molecule has 1 aliphatic rings. The van der Waals surface area contributed by atoms with Crippen LogP contribution in [0.1, 0.15) is 42.7 Å². The van der Waals surface area contributed by atoms with E-state index in [2.05, 4.69) is 23.8 Å². The summed E-state index contributed by atoms with van der Waals surface area (Å²) in [5, 5.41) is 13.2. The summed E-state index contributed by atoms with van der Waals surface area (Å²) in [6, 6.07) is 0.557. The normalized spacial score (nSPS) is 20.8. The molecule has 1 unspecified atom stereocenters. The van der Waals surface area contributed by atoms with Crippen molar-refractivity contribution in [2.24, 2.45) is 13.0 Å². The molecular weight excluding hydrogens is 230 g/mol. The highest BCUT2D eigenvalue weighted by atomic mass is 16.4. The van der Waals surface area contributed by atoms with Crippen molar-refractivity contribution in [3.8, 4) is 0 Å². The second-order valence-electron chi connectivity index (χ2n) is 5.36. The van der Waals surface area contributed by atoms with E-state index in [9.17, 15) is 4.79 Å². The van der Waals surface area contributed by atoms with E-state index >= 15 is 0 Å². The molecule has 18 heavy (non-hydrogen) atoms. The van der Waals surface area contributed by atoms with Gasteiger partial charge >= 0.3 is 5.97 Å². The van der Waals surface area contributed by atoms with Gasteiger partial charge in [-0.05, 0) is 25.3 Å². The van der Waals surface area contributed by atoms with Gasteiger partial charge in [0.1, 0.15) is 5.56 Å². The number of aromatic carboxylic acids is 1. The number of carboxylic acid groups (broad SMARTS) is 1. The van der Waals surface area contributed by atoms with Crippen molar-refractivity contribution < 1.29 is 9.90 Å². The van der Waals surface area contributed by atoms with Crippen molar-refractivity contribution in [1.82, 2.24) is 14.7 Å². The molecule has 100 valence electrons. The average Bonchev–Trinajstić information content (AvgIpc) is 2.87. The molecule has 2 rings (SSSR count). The molecule has 0 aliphatic carbocycles. The molecular formula is C13H21N3O2. The van der Waals surface area contributed by atoms with E-state index in [0.717, 1.165) is 12.2 Å². The Morgan fingerprint density at radius 2 is 2.33 bits per heavy atom. The number of carbonyl (C=O) groups is 1. The van der Waals surface area contributed by atoms with Crippen LogP contribution in [0.15, 0.2) is 6.20 Å². The number of hydrogen-bond donors (Lipinski definition) is 1. The zero-order valence-corrected chi connectivity index (χ0v) is 11.3. The number of hydrogen-bond acceptors (Lipinski definition) is 3. The highest BCUT2D eigenvalue weighted by Gasteiger charge is 2.29. The second kappa shape index (κ2) is 5.10. The van der Waals surface area contributed by atoms with Crippen molar-refractivity contribution in [3.63, 3.8) is 0 Å². The molecule has 1 atom stereocenters. The molecule has 0 aromatic carbocycles. The lowest BCUT2D eigenvalue weighted by Gasteiger charge is -2.27. The van der Waals surface area contributed by atoms with E-state index in [-0.39, 0.29) is 0 Å². The van der Waals surface area contributed by atoms with Gasteiger partial charge in [-0.15, -0.1) is 0 Å². The van der Waals surface area contributed by atoms with Gasteiger partial charge in [0.15, 0.2) is 0 Å². The van der Waals surface area contributed by atoms with E-state index in [1.165, 1.54) is 19.0 Å². The van der Waals surface area contributed by atoms with Gasteiger partial charge in [0.25, 0.3) is 0 Å². The summed E-state index contributed by atoms with van der Waals surface area (Å²) in [6.45, 7) is 6.18. The van der Waals surface area contributed by atoms with Gasteiger partial charge in [-0.1, -0.05) is 13.8 Å². The first-order valence-corrected chi connectivity index (χ1v) is 6.49. The summed E-state index contributed by atoms with van der Waals surface area (Å²) in [6.07, 6.45) is 3.85. The van der Waals surface area contributed by atoms with Gasteiger partial charge in [-0.2, -0.15) is 5.10 Å². The Labute approximate surface area is 107 Å². The maximum Gasteiger partial charge on any atom is 0.339 e. The molecule has 0 spiro atoms. The fourth-order valence-corrected chi connectivity index (χ4v) is 2.82. The number of nitrogens with zero attached hydrogens (tertiary/aromatic N) is 3. The van der Waals surface area contributed by atoms with Gasteiger partial charge in [-0.3, -0.25) is 9.58 Å². The summed E-state index contributed by atoms with van der Waals surface area (Å²) in [5.74, 6) is -0.285. The molecule has 1 saturated heterocycles. The molecule has 0 amide bonds. The summed E-state index contributed by atoms with van der Waals surface area (Å²) in [4.78, 5) is 13.5. The standard InChI is InChI=1S/C13H21N3O2/c1-9(2)11-5-4-6-16(11)8-12-10(13(17)18)7-14-15(12)3/h7,9,11H,4-6,8H2,1-3H3,(H,17,18). The molecule has 0 radical (unpaired) electrons. The third kappa shape index (κ3) is 2.41. The Kier molecular flexibility index (Phi) is 3.71. The lowest BCUT2D eigenvalue weighted by Crippen LogP contribution is -2.34. The number of carboxylic acids is 1. The van der Waals surface area contributed by atoms with Crippen LogP contribution in [0.25, 0.3) is 0 Å². The van der Waals surface area contributed by atoms with E-state index < -0.39 is 5.97 Å². The number of aromatic nitrogens is 2. The molecule has 1 fully saturated rings. The predicted octanol–water partition coefficient (Wildman–Crippen LogP) is 1.74. The number of likely N-dealkylation sites (tertiary alicyclic amines) is 1. The van der Waals surface area contributed by atoms with E-state index in [1.54, 1.807) is 4.68 Å². The second-order valence-corrected chi connectivity index (χ2v) is 5.36. The molecule has 1 N–H and O–H groups in total. The van der Waals surface area contributed by atoms with Gasteiger partial charge in [0.2, 0.25) is 0 Å². The predicted molar refractivity (Wildman–Crippen MR) is 68.4 cm³/mol. The monoisotopic (exact) mass is 251 g/mol. The van der Waals surface area contributed by atoms with E-state index in [4.69, 9.17) is 5.11 Å². The minimum Gasteiger partial charge on any atom is -0.478 e. The van der Waals surface area contributed by atoms with Crippen LogP contribution < -0.4 is 0 Å². The largest absolute Gasteiger partial charge is 0.478 e. The Balaban J connectivity index is 2.18. The van der Waals surface area contributed by atoms with E-state index in [1.807, 2.05) is 7.05 Å². The fourth-order valence-electron chi connectivity index (χ4n) is 2.82. The first-order valence-electron chi connectivity index (χ1n) is 6.49. The number of aryl methyl sites for hydroxylation is 1. The Hall–Kier alpha value is -1.36. The SMILES string of the molecule is CC(C)C1CCCN1Cc1c(C(=O)O)cnn1C. The van der Waals surface area contributed by atoms with Crippen molar-refractivity contribution in [3.05, 3.63) is 17.5 Å². The summed E-state index contributed by atoms with van der Waals surface area (Å²) >= 11 is 0. The smallest absolute Gasteiger partial charge is 0.339 e. The third-order valence-corrected chi connectivity index (χ3v) is 3.83. The van der Waals surface area contributed by atoms with Crippen molar-refractivity contribution >= 4 is 5.97 Å². The molecule has 5 heteroatoms. The van der Waals surface area contributed by atoms with Crippen LogP contribution in [0.4, 0.5) is 0 Å². The average molecular weight is 251 g/mol. The van der Waals surface area contributed by atoms with Crippen molar-refractivity contribution in [1.29, 1.82) is 0 Å². The zero-order chi connectivity index (χ0) is 13.3. The molecule has 2 heterocycles. The Bertz CT molecular complexity index is 439. The van der Waals surface area contributed by atoms with Gasteiger partial charge in [0, 0.05) is 19.6 Å². The van der Waals surface area contributed by atoms with Crippen LogP contribution in [-0.2, 0) is 13.6 Å². The molecule has 5 nitrogen and oxygen atoms in total. The lowest BCUT2D eigenvalue weighted by molar-refractivity contribution is 0.0693. The Morgan fingerprint density at radius 1 is 1.61 bits per heavy atom. The van der Waals surface area contributed by atoms with Crippen LogP contribution in [-0.4, -0.2) is 38.3 Å². The van der Waals surface area contributed by atoms with Gasteiger partial charge in [-0.25, -0.2) is 4.79 Å². The first kappa shape index (κ1) is 13.1. The summed E-state index contributed by atoms with van der Waals surface area (Å²) in [5.41, 5.74) is 1.13. The van der Waals surface area contributed by atoms with E-state index in [0.29, 0.717) is 24.1 Å². The minimum atomic E-state index is -0.890. The summed E-state index contributed by atoms with van der Waals surface area (Å²) < 4.78 is 1.68. The topological polar surface area (TPSA) is 58.4 Å². The van der Waals surface area contributed by atoms with Crippen LogP contribution >= 0.6 is 0 Å². The summed E-state index contributed by atoms with van der Waals surface area (Å²) in [7, 11) is 1.81. The highest BCUT2D eigenvalue weighted by molar-refractivity contribution is 5.88. The number of rotatable bonds is 4. The maximum absolute atomic E-state index is 11.2. The molecule has 0 saturated carbocycles. The van der Waals surface area contributed by atoms with Crippen LogP contribution in [0.5, 0.6) is 0 Å². The maximum atomic E-state index is 11.2. The Morgan fingerprint density at radius 3 is 2.94 bits per heavy atom. The quantitative estimate of drug-likeness (QED) is 0.885. The highest BCUT2D eigenvalue weighted by Crippen LogP contribution is 2.26. The third-order valence-electron chi connectivity index (χ3n) is 3.83. The fraction of sp³-hybridized carbons (Fsp3) is 0.692. The molecule has 0 bridgehead atoms. The lowest BCUT2D eigenvalue weighted by atomic mass is 10.0. The van der Waals surface area contributed by atoms with Crippen molar-refractivity contribution in [2.75, 3.05) is 6.54 Å². The van der Waals surface area contributed by atoms with Crippen LogP contribution in [0.3, 0.4) is 0 Å². The minimum absolute atomic E-state index is 0.326. The molecule has 1 aromatic heterocycles. The van der Waals surface area contributed by atoms with Crippen molar-refractivity contribution in [2.45, 2.75) is 39.3 Å². The zero-order valence-electron chi connectivity index (χ0n) is 11.3. The molecule has 1 aromatic rings. The van der Waals surface area contributed by atoms with Crippen LogP contribution in [0.2, 0.25) is 0 Å².